The van der Waals surface area contributed by atoms with E-state index in [0.717, 1.165) is 0 Å². The zero-order valence-electron chi connectivity index (χ0n) is 10.3. The van der Waals surface area contributed by atoms with Crippen molar-refractivity contribution < 1.29 is 0 Å². The molecular formula is C14H20ClP. The van der Waals surface area contributed by atoms with Gasteiger partial charge in [-0.2, -0.15) is 0 Å². The van der Waals surface area contributed by atoms with Crippen LogP contribution in [0.5, 0.6) is 0 Å². The van der Waals surface area contributed by atoms with Gasteiger partial charge in [0.1, 0.15) is 0 Å². The molecule has 0 aliphatic carbocycles. The monoisotopic (exact) mass is 254 g/mol. The Bertz CT molecular complexity index is 350. The molecule has 1 fully saturated rings. The topological polar surface area (TPSA) is 0 Å². The predicted molar refractivity (Wildman–Crippen MR) is 74.8 cm³/mol. The van der Waals surface area contributed by atoms with Crippen LogP contribution in [0.1, 0.15) is 50.4 Å². The fourth-order valence-electron chi connectivity index (χ4n) is 2.27. The van der Waals surface area contributed by atoms with Crippen molar-refractivity contribution in [1.29, 1.82) is 0 Å². The molecule has 0 spiro atoms. The van der Waals surface area contributed by atoms with Gasteiger partial charge < -0.3 is 0 Å². The van der Waals surface area contributed by atoms with Crippen LogP contribution < -0.4 is 0 Å². The highest BCUT2D eigenvalue weighted by Crippen LogP contribution is 2.62. The summed E-state index contributed by atoms with van der Waals surface area (Å²) in [5.41, 5.74) is 3.75. The number of halogens is 1. The summed E-state index contributed by atoms with van der Waals surface area (Å²) in [7, 11) is -0.270. The molecule has 0 nitrogen and oxygen atoms in total. The van der Waals surface area contributed by atoms with Crippen molar-refractivity contribution in [3.05, 3.63) is 35.4 Å². The van der Waals surface area contributed by atoms with Crippen LogP contribution in [0.2, 0.25) is 0 Å². The van der Waals surface area contributed by atoms with Crippen LogP contribution in [0.25, 0.3) is 0 Å². The lowest BCUT2D eigenvalue weighted by Gasteiger charge is -2.21. The molecule has 0 radical (unpaired) electrons. The zero-order valence-corrected chi connectivity index (χ0v) is 12.0. The van der Waals surface area contributed by atoms with Crippen molar-refractivity contribution in [3.63, 3.8) is 0 Å². The molecule has 0 saturated carbocycles. The second-order valence-electron chi connectivity index (χ2n) is 5.65. The van der Waals surface area contributed by atoms with E-state index in [0.29, 0.717) is 5.66 Å². The Labute approximate surface area is 105 Å². The summed E-state index contributed by atoms with van der Waals surface area (Å²) in [5.74, 6) is 0. The molecule has 1 aliphatic heterocycles. The van der Waals surface area contributed by atoms with Gasteiger partial charge in [-0.25, -0.2) is 0 Å². The number of hydrogen-bond acceptors (Lipinski definition) is 0. The molecule has 0 amide bonds. The van der Waals surface area contributed by atoms with Gasteiger partial charge in [-0.05, 0) is 42.8 Å². The predicted octanol–water partition coefficient (Wildman–Crippen LogP) is 5.45. The van der Waals surface area contributed by atoms with Crippen molar-refractivity contribution in [1.82, 2.24) is 0 Å². The fraction of sp³-hybridized carbons (Fsp3) is 0.571. The highest BCUT2D eigenvalue weighted by molar-refractivity contribution is 7.84. The average Bonchev–Trinajstić information content (AvgIpc) is 2.63. The Morgan fingerprint density at radius 1 is 1.19 bits per heavy atom. The minimum Gasteiger partial charge on any atom is -0.0958 e. The molecule has 2 heteroatoms. The van der Waals surface area contributed by atoms with Crippen LogP contribution in [-0.2, 0) is 5.41 Å². The van der Waals surface area contributed by atoms with Gasteiger partial charge in [0.25, 0.3) is 0 Å². The summed E-state index contributed by atoms with van der Waals surface area (Å²) < 4.78 is 0. The van der Waals surface area contributed by atoms with Crippen LogP contribution in [0.4, 0.5) is 0 Å². The van der Waals surface area contributed by atoms with Crippen molar-refractivity contribution in [2.45, 2.75) is 44.7 Å². The van der Waals surface area contributed by atoms with Crippen molar-refractivity contribution in [3.8, 4) is 0 Å². The van der Waals surface area contributed by atoms with E-state index in [9.17, 15) is 0 Å². The van der Waals surface area contributed by atoms with Gasteiger partial charge in [0.15, 0.2) is 0 Å². The van der Waals surface area contributed by atoms with E-state index in [4.69, 9.17) is 11.2 Å². The molecule has 0 N–H and O–H groups in total. The first-order chi connectivity index (χ1) is 7.48. The molecule has 88 valence electrons. The lowest BCUT2D eigenvalue weighted by Crippen LogP contribution is -2.10. The van der Waals surface area contributed by atoms with Gasteiger partial charge in [0.05, 0.1) is 0 Å². The van der Waals surface area contributed by atoms with Crippen LogP contribution >= 0.6 is 18.5 Å². The van der Waals surface area contributed by atoms with Gasteiger partial charge in [-0.1, -0.05) is 56.3 Å². The third-order valence-electron chi connectivity index (χ3n) is 3.35. The lowest BCUT2D eigenvalue weighted by molar-refractivity contribution is 0.590. The molecule has 2 unspecified atom stereocenters. The van der Waals surface area contributed by atoms with Gasteiger partial charge >= 0.3 is 0 Å². The largest absolute Gasteiger partial charge is 0.0958 e. The third-order valence-corrected chi connectivity index (χ3v) is 6.54. The fourth-order valence-corrected chi connectivity index (χ4v) is 5.01. The lowest BCUT2D eigenvalue weighted by atomic mass is 9.86. The SMILES string of the molecule is CC(C)(C)c1ccc(C2CCCP2Cl)cc1. The molecule has 16 heavy (non-hydrogen) atoms. The summed E-state index contributed by atoms with van der Waals surface area (Å²) in [6, 6.07) is 9.12. The summed E-state index contributed by atoms with van der Waals surface area (Å²) in [5, 5.41) is 0. The first-order valence-corrected chi connectivity index (χ1v) is 8.51. The number of benzene rings is 1. The molecule has 2 rings (SSSR count). The molecule has 0 aromatic heterocycles. The second-order valence-corrected chi connectivity index (χ2v) is 8.83. The normalized spacial score (nSPS) is 26.0. The van der Waals surface area contributed by atoms with E-state index in [1.165, 1.54) is 30.1 Å². The second kappa shape index (κ2) is 4.67. The maximum Gasteiger partial charge on any atom is 0.0180 e. The van der Waals surface area contributed by atoms with Gasteiger partial charge in [0.2, 0.25) is 0 Å². The molecule has 1 saturated heterocycles. The molecular weight excluding hydrogens is 235 g/mol. The molecule has 1 aliphatic rings. The molecule has 1 aromatic rings. The number of rotatable bonds is 1. The number of hydrogen-bond donors (Lipinski definition) is 0. The Balaban J connectivity index is 2.19. The maximum absolute atomic E-state index is 6.41. The van der Waals surface area contributed by atoms with E-state index in [1.54, 1.807) is 0 Å². The summed E-state index contributed by atoms with van der Waals surface area (Å²) in [4.78, 5) is 0. The highest BCUT2D eigenvalue weighted by atomic mass is 35.7. The van der Waals surface area contributed by atoms with Crippen molar-refractivity contribution >= 4 is 18.5 Å². The highest BCUT2D eigenvalue weighted by Gasteiger charge is 2.26. The van der Waals surface area contributed by atoms with Crippen molar-refractivity contribution in [2.75, 3.05) is 6.16 Å². The molecule has 2 atom stereocenters. The first-order valence-electron chi connectivity index (χ1n) is 6.01. The Morgan fingerprint density at radius 3 is 2.25 bits per heavy atom. The van der Waals surface area contributed by atoms with Crippen LogP contribution in [-0.4, -0.2) is 6.16 Å². The van der Waals surface area contributed by atoms with E-state index in [-0.39, 0.29) is 12.7 Å². The third kappa shape index (κ3) is 2.60. The van der Waals surface area contributed by atoms with E-state index < -0.39 is 0 Å². The minimum atomic E-state index is -0.270. The summed E-state index contributed by atoms with van der Waals surface area (Å²) in [6.07, 6.45) is 3.83. The maximum atomic E-state index is 6.41. The quantitative estimate of drug-likeness (QED) is 0.584. The van der Waals surface area contributed by atoms with E-state index in [2.05, 4.69) is 45.0 Å². The van der Waals surface area contributed by atoms with Crippen LogP contribution in [0.15, 0.2) is 24.3 Å². The van der Waals surface area contributed by atoms with Gasteiger partial charge in [-0.15, -0.1) is 0 Å². The van der Waals surface area contributed by atoms with Crippen LogP contribution in [0.3, 0.4) is 0 Å². The standard InChI is InChI=1S/C14H20ClP/c1-14(2,3)12-8-6-11(7-9-12)13-5-4-10-16(13)15/h6-9,13H,4-5,10H2,1-3H3. The molecule has 0 bridgehead atoms. The summed E-state index contributed by atoms with van der Waals surface area (Å²) in [6.45, 7) is 6.77. The van der Waals surface area contributed by atoms with Crippen molar-refractivity contribution in [2.24, 2.45) is 0 Å². The van der Waals surface area contributed by atoms with Crippen LogP contribution in [0, 0.1) is 0 Å². The minimum absolute atomic E-state index is 0.250. The Morgan fingerprint density at radius 2 is 1.81 bits per heavy atom. The first kappa shape index (κ1) is 12.4. The van der Waals surface area contributed by atoms with E-state index in [1.807, 2.05) is 0 Å². The van der Waals surface area contributed by atoms with Gasteiger partial charge in [-0.3, -0.25) is 0 Å². The smallest absolute Gasteiger partial charge is 0.0180 e. The van der Waals surface area contributed by atoms with Gasteiger partial charge in [0, 0.05) is 5.66 Å². The zero-order chi connectivity index (χ0) is 11.8. The molecule has 1 aromatic carbocycles. The average molecular weight is 255 g/mol. The Hall–Kier alpha value is -0.0600. The molecule has 1 heterocycles. The Kier molecular flexibility index (Phi) is 3.62. The van der Waals surface area contributed by atoms with E-state index >= 15 is 0 Å². The summed E-state index contributed by atoms with van der Waals surface area (Å²) >= 11 is 6.41.